The summed E-state index contributed by atoms with van der Waals surface area (Å²) in [5.41, 5.74) is -0.774. The van der Waals surface area contributed by atoms with Crippen LogP contribution in [0.25, 0.3) is 0 Å². The summed E-state index contributed by atoms with van der Waals surface area (Å²) >= 11 is 0. The fourth-order valence-corrected chi connectivity index (χ4v) is 6.80. The number of unbranched alkanes of at least 4 members (excludes halogenated alkanes) is 1. The zero-order valence-electron chi connectivity index (χ0n) is 29.6. The van der Waals surface area contributed by atoms with E-state index in [9.17, 15) is 24.0 Å². The predicted molar refractivity (Wildman–Crippen MR) is 180 cm³/mol. The first-order valence-electron chi connectivity index (χ1n) is 17.2. The van der Waals surface area contributed by atoms with Crippen LogP contribution >= 0.6 is 0 Å². The molecular formula is C35H61N5O6. The minimum atomic E-state index is -1.01. The number of carbonyl (C=O) groups is 5. The van der Waals surface area contributed by atoms with Gasteiger partial charge in [-0.1, -0.05) is 86.6 Å². The maximum Gasteiger partial charge on any atom is 0.315 e. The Hall–Kier alpha value is -2.95. The highest BCUT2D eigenvalue weighted by atomic mass is 16.5. The molecule has 0 aromatic carbocycles. The number of amides is 5. The number of carbonyl (C=O) groups excluding carboxylic acids is 5. The fraction of sp³-hybridized carbons (Fsp3) is 0.800. The van der Waals surface area contributed by atoms with E-state index in [-0.39, 0.29) is 35.7 Å². The van der Waals surface area contributed by atoms with Crippen LogP contribution in [0, 0.1) is 22.7 Å². The molecule has 2 unspecified atom stereocenters. The van der Waals surface area contributed by atoms with Gasteiger partial charge >= 0.3 is 6.03 Å². The minimum Gasteiger partial charge on any atom is -0.383 e. The molecule has 1 saturated carbocycles. The maximum atomic E-state index is 14.6. The van der Waals surface area contributed by atoms with Gasteiger partial charge in [-0.15, -0.1) is 6.58 Å². The lowest BCUT2D eigenvalue weighted by Gasteiger charge is -2.43. The Labute approximate surface area is 276 Å². The fourth-order valence-electron chi connectivity index (χ4n) is 6.80. The molecule has 1 aliphatic heterocycles. The summed E-state index contributed by atoms with van der Waals surface area (Å²) in [6.45, 7) is 18.5. The summed E-state index contributed by atoms with van der Waals surface area (Å²) in [4.78, 5) is 69.5. The molecule has 0 aromatic heterocycles. The van der Waals surface area contributed by atoms with Crippen LogP contribution in [-0.4, -0.2) is 85.4 Å². The Kier molecular flexibility index (Phi) is 15.2. The molecule has 5 amide bonds. The highest BCUT2D eigenvalue weighted by molar-refractivity contribution is 6.38. The van der Waals surface area contributed by atoms with Crippen molar-refractivity contribution in [2.45, 2.75) is 130 Å². The molecule has 11 heteroatoms. The Morgan fingerprint density at radius 3 is 2.24 bits per heavy atom. The zero-order valence-corrected chi connectivity index (χ0v) is 29.6. The standard InChI is InChI=1S/C35H61N5O6/c1-10-12-16-25(28(41)31(43)36-20-11-2)37-30(42)27-24(23(3)4)17-21-40(27)32(44)29(35(8)18-14-13-15-19-35)39-33(45)38-26(22-46-9)34(5,6)7/h11,23-27,29H,2,10,12-22H2,1,3-9H3,(H,36,43)(H,37,42)(H2,38,39,45)/t24-,25?,26?,27+,29-/m1/s1. The number of urea groups is 1. The first-order valence-corrected chi connectivity index (χ1v) is 17.2. The lowest BCUT2D eigenvalue weighted by atomic mass is 9.70. The largest absolute Gasteiger partial charge is 0.383 e. The first-order chi connectivity index (χ1) is 21.6. The predicted octanol–water partition coefficient (Wildman–Crippen LogP) is 4.11. The van der Waals surface area contributed by atoms with Gasteiger partial charge in [0.25, 0.3) is 5.91 Å². The summed E-state index contributed by atoms with van der Waals surface area (Å²) in [5.74, 6) is -2.29. The van der Waals surface area contributed by atoms with Crippen LogP contribution in [0.4, 0.5) is 4.79 Å². The number of ketones is 1. The van der Waals surface area contributed by atoms with E-state index in [2.05, 4.69) is 34.8 Å². The topological polar surface area (TPSA) is 146 Å². The smallest absolute Gasteiger partial charge is 0.315 e. The molecule has 1 heterocycles. The molecule has 2 fully saturated rings. The summed E-state index contributed by atoms with van der Waals surface area (Å²) < 4.78 is 5.37. The van der Waals surface area contributed by atoms with Crippen molar-refractivity contribution in [2.24, 2.45) is 22.7 Å². The summed E-state index contributed by atoms with van der Waals surface area (Å²) in [6.07, 6.45) is 8.36. The highest BCUT2D eigenvalue weighted by Gasteiger charge is 2.50. The second kappa shape index (κ2) is 17.8. The first kappa shape index (κ1) is 39.2. The van der Waals surface area contributed by atoms with Crippen LogP contribution in [0.3, 0.4) is 0 Å². The lowest BCUT2D eigenvalue weighted by molar-refractivity contribution is -0.145. The maximum absolute atomic E-state index is 14.6. The van der Waals surface area contributed by atoms with Crippen molar-refractivity contribution in [3.8, 4) is 0 Å². The Balaban J connectivity index is 2.42. The second-order valence-corrected chi connectivity index (χ2v) is 14.9. The van der Waals surface area contributed by atoms with E-state index < -0.39 is 47.2 Å². The van der Waals surface area contributed by atoms with Crippen LogP contribution in [0.5, 0.6) is 0 Å². The van der Waals surface area contributed by atoms with Gasteiger partial charge in [-0.25, -0.2) is 4.79 Å². The van der Waals surface area contributed by atoms with Crippen molar-refractivity contribution >= 4 is 29.5 Å². The van der Waals surface area contributed by atoms with E-state index in [0.717, 1.165) is 38.5 Å². The van der Waals surface area contributed by atoms with Crippen LogP contribution < -0.4 is 21.3 Å². The molecule has 1 aliphatic carbocycles. The molecule has 0 spiro atoms. The second-order valence-electron chi connectivity index (χ2n) is 14.9. The van der Waals surface area contributed by atoms with E-state index in [1.54, 1.807) is 12.0 Å². The average molecular weight is 648 g/mol. The van der Waals surface area contributed by atoms with Gasteiger partial charge in [0.05, 0.1) is 18.7 Å². The van der Waals surface area contributed by atoms with Crippen LogP contribution in [-0.2, 0) is 23.9 Å². The number of nitrogens with one attached hydrogen (secondary N) is 4. The number of hydrogen-bond acceptors (Lipinski definition) is 6. The molecular weight excluding hydrogens is 586 g/mol. The number of nitrogens with zero attached hydrogens (tertiary/aromatic N) is 1. The van der Waals surface area contributed by atoms with Gasteiger partial charge in [0.2, 0.25) is 17.6 Å². The molecule has 0 bridgehead atoms. The molecule has 2 aliphatic rings. The minimum absolute atomic E-state index is 0.0794. The SMILES string of the molecule is C=CCNC(=O)C(=O)C(CCCC)NC(=O)[C@@H]1[C@@H](C(C)C)CCN1C(=O)[C@@H](NC(=O)NC(COC)C(C)(C)C)C1(C)CCCCC1. The molecule has 262 valence electrons. The van der Waals surface area contributed by atoms with Gasteiger partial charge in [-0.05, 0) is 48.3 Å². The molecule has 2 rings (SSSR count). The Morgan fingerprint density at radius 1 is 1.04 bits per heavy atom. The number of methoxy groups -OCH3 is 1. The number of hydrogen-bond donors (Lipinski definition) is 4. The molecule has 4 N–H and O–H groups in total. The van der Waals surface area contributed by atoms with Gasteiger partial charge in [0.1, 0.15) is 12.1 Å². The van der Waals surface area contributed by atoms with E-state index >= 15 is 0 Å². The third kappa shape index (κ3) is 10.5. The van der Waals surface area contributed by atoms with E-state index in [4.69, 9.17) is 4.74 Å². The van der Waals surface area contributed by atoms with Crippen molar-refractivity contribution in [1.29, 1.82) is 0 Å². The van der Waals surface area contributed by atoms with Gasteiger partial charge in [0.15, 0.2) is 0 Å². The highest BCUT2D eigenvalue weighted by Crippen LogP contribution is 2.41. The normalized spacial score (nSPS) is 21.5. The monoisotopic (exact) mass is 647 g/mol. The summed E-state index contributed by atoms with van der Waals surface area (Å²) in [5, 5.41) is 11.5. The van der Waals surface area contributed by atoms with Crippen LogP contribution in [0.15, 0.2) is 12.7 Å². The van der Waals surface area contributed by atoms with Crippen molar-refractivity contribution in [3.05, 3.63) is 12.7 Å². The molecule has 46 heavy (non-hydrogen) atoms. The molecule has 5 atom stereocenters. The van der Waals surface area contributed by atoms with Crippen molar-refractivity contribution in [3.63, 3.8) is 0 Å². The van der Waals surface area contributed by atoms with Gasteiger partial charge in [-0.2, -0.15) is 0 Å². The van der Waals surface area contributed by atoms with E-state index in [1.165, 1.54) is 6.08 Å². The number of likely N-dealkylation sites (tertiary alicyclic amines) is 1. The average Bonchev–Trinajstić information content (AvgIpc) is 3.45. The van der Waals surface area contributed by atoms with Crippen molar-refractivity contribution in [1.82, 2.24) is 26.2 Å². The lowest BCUT2D eigenvalue weighted by Crippen LogP contribution is -2.63. The number of rotatable bonds is 16. The van der Waals surface area contributed by atoms with Crippen LogP contribution in [0.1, 0.15) is 106 Å². The van der Waals surface area contributed by atoms with E-state index in [0.29, 0.717) is 32.4 Å². The van der Waals surface area contributed by atoms with Gasteiger partial charge < -0.3 is 30.9 Å². The quantitative estimate of drug-likeness (QED) is 0.147. The Bertz CT molecular complexity index is 1060. The summed E-state index contributed by atoms with van der Waals surface area (Å²) in [6, 6.07) is -3.42. The third-order valence-corrected chi connectivity index (χ3v) is 9.86. The molecule has 0 radical (unpaired) electrons. The van der Waals surface area contributed by atoms with Crippen molar-refractivity contribution in [2.75, 3.05) is 26.8 Å². The molecule has 1 saturated heterocycles. The van der Waals surface area contributed by atoms with E-state index in [1.807, 2.05) is 41.5 Å². The van der Waals surface area contributed by atoms with Crippen LogP contribution in [0.2, 0.25) is 0 Å². The third-order valence-electron chi connectivity index (χ3n) is 9.86. The van der Waals surface area contributed by atoms with Gasteiger partial charge in [-0.3, -0.25) is 19.2 Å². The Morgan fingerprint density at radius 2 is 1.70 bits per heavy atom. The summed E-state index contributed by atoms with van der Waals surface area (Å²) in [7, 11) is 1.59. The van der Waals surface area contributed by atoms with Crippen molar-refractivity contribution < 1.29 is 28.7 Å². The van der Waals surface area contributed by atoms with Gasteiger partial charge in [0, 0.05) is 20.2 Å². The zero-order chi connectivity index (χ0) is 34.7. The number of ether oxygens (including phenoxy) is 1. The molecule has 0 aromatic rings. The molecule has 11 nitrogen and oxygen atoms in total. The number of Topliss-reactive ketones (excluding diaryl/α,β-unsaturated/α-hetero) is 1.